The maximum Gasteiger partial charge on any atom is 0.261 e. The molecule has 1 fully saturated rings. The Balaban J connectivity index is 1.67. The highest BCUT2D eigenvalue weighted by atomic mass is 32.2. The van der Waals surface area contributed by atoms with E-state index in [1.54, 1.807) is 26.8 Å². The molecule has 0 amide bonds. The van der Waals surface area contributed by atoms with E-state index in [2.05, 4.69) is 20.6 Å². The molecule has 1 aliphatic rings. The van der Waals surface area contributed by atoms with Gasteiger partial charge in [0.25, 0.3) is 10.0 Å². The van der Waals surface area contributed by atoms with Gasteiger partial charge in [-0.2, -0.15) is 4.31 Å². The zero-order valence-electron chi connectivity index (χ0n) is 18.7. The van der Waals surface area contributed by atoms with E-state index in [-0.39, 0.29) is 22.4 Å². The first-order valence-corrected chi connectivity index (χ1v) is 13.2. The minimum atomic E-state index is -3.67. The summed E-state index contributed by atoms with van der Waals surface area (Å²) < 4.78 is 30.0. The van der Waals surface area contributed by atoms with E-state index < -0.39 is 16.1 Å². The van der Waals surface area contributed by atoms with Crippen molar-refractivity contribution in [3.63, 3.8) is 0 Å². The largest absolute Gasteiger partial charge is 0.392 e. The lowest BCUT2D eigenvalue weighted by atomic mass is 9.81. The molecule has 174 valence electrons. The van der Waals surface area contributed by atoms with Gasteiger partial charge in [0, 0.05) is 42.7 Å². The molecule has 31 heavy (non-hydrogen) atoms. The molecule has 1 saturated heterocycles. The fourth-order valence-corrected chi connectivity index (χ4v) is 6.78. The Hall–Kier alpha value is -1.56. The number of aromatic nitrogens is 4. The first-order chi connectivity index (χ1) is 14.6. The number of nitrogens with zero attached hydrogens (tertiary/aromatic N) is 5. The summed E-state index contributed by atoms with van der Waals surface area (Å²) in [5.41, 5.74) is -0.363. The number of thiazole rings is 1. The zero-order valence-corrected chi connectivity index (χ0v) is 20.4. The quantitative estimate of drug-likeness (QED) is 0.549. The van der Waals surface area contributed by atoms with Crippen molar-refractivity contribution < 1.29 is 13.5 Å². The van der Waals surface area contributed by atoms with Gasteiger partial charge in [-0.1, -0.05) is 39.3 Å². The molecular formula is C20H34N6O3S2. The van der Waals surface area contributed by atoms with E-state index in [4.69, 9.17) is 0 Å². The van der Waals surface area contributed by atoms with Gasteiger partial charge in [0.15, 0.2) is 10.2 Å². The van der Waals surface area contributed by atoms with Gasteiger partial charge >= 0.3 is 0 Å². The van der Waals surface area contributed by atoms with Crippen molar-refractivity contribution in [1.29, 1.82) is 0 Å². The predicted octanol–water partition coefficient (Wildman–Crippen LogP) is 2.82. The maximum atomic E-state index is 13.3. The highest BCUT2D eigenvalue weighted by Crippen LogP contribution is 2.31. The van der Waals surface area contributed by atoms with Crippen LogP contribution in [0.4, 0.5) is 5.13 Å². The second-order valence-corrected chi connectivity index (χ2v) is 11.9. The summed E-state index contributed by atoms with van der Waals surface area (Å²) in [5, 5.41) is 23.7. The summed E-state index contributed by atoms with van der Waals surface area (Å²) in [6, 6.07) is -0.0684. The molecule has 0 spiro atoms. The van der Waals surface area contributed by atoms with Gasteiger partial charge in [0.1, 0.15) is 0 Å². The van der Waals surface area contributed by atoms with E-state index in [1.807, 2.05) is 27.7 Å². The first-order valence-electron chi connectivity index (χ1n) is 10.8. The number of rotatable bonds is 10. The van der Waals surface area contributed by atoms with Crippen LogP contribution in [0.15, 0.2) is 22.8 Å². The van der Waals surface area contributed by atoms with Gasteiger partial charge in [-0.3, -0.25) is 4.68 Å². The van der Waals surface area contributed by atoms with Crippen LogP contribution in [0.25, 0.3) is 0 Å². The molecule has 2 N–H and O–H groups in total. The molecule has 3 heterocycles. The summed E-state index contributed by atoms with van der Waals surface area (Å²) in [6.07, 6.45) is 6.35. The molecule has 2 unspecified atom stereocenters. The third-order valence-electron chi connectivity index (χ3n) is 5.92. The highest BCUT2D eigenvalue weighted by Gasteiger charge is 2.35. The van der Waals surface area contributed by atoms with Crippen LogP contribution in [0, 0.1) is 11.3 Å². The van der Waals surface area contributed by atoms with Gasteiger partial charge in [-0.05, 0) is 25.2 Å². The number of hydrogen-bond donors (Lipinski definition) is 2. The molecule has 1 aliphatic heterocycles. The van der Waals surface area contributed by atoms with Crippen LogP contribution < -0.4 is 5.32 Å². The molecule has 9 nitrogen and oxygen atoms in total. The van der Waals surface area contributed by atoms with Crippen molar-refractivity contribution in [2.45, 2.75) is 77.1 Å². The van der Waals surface area contributed by atoms with Crippen molar-refractivity contribution in [3.8, 4) is 0 Å². The number of nitrogens with one attached hydrogen (secondary N) is 1. The second kappa shape index (κ2) is 9.93. The van der Waals surface area contributed by atoms with Gasteiger partial charge in [0.05, 0.1) is 12.3 Å². The molecule has 2 aromatic rings. The fraction of sp³-hybridized carbons (Fsp3) is 0.750. The van der Waals surface area contributed by atoms with Crippen molar-refractivity contribution >= 4 is 26.5 Å². The van der Waals surface area contributed by atoms with E-state index in [1.165, 1.54) is 11.3 Å². The van der Waals surface area contributed by atoms with Gasteiger partial charge < -0.3 is 10.4 Å². The smallest absolute Gasteiger partial charge is 0.261 e. The monoisotopic (exact) mass is 470 g/mol. The molecule has 2 aromatic heterocycles. The number of hydrogen-bond acceptors (Lipinski definition) is 8. The standard InChI is InChI=1S/C20H34N6O3S2/c1-15(2)18(27)20(3,4)14-21-19-23-17(13-30-19)31(28,29)26-10-6-5-7-16(26)8-11-25-12-9-22-24-25/h9,12-13,15-16,18,27H,5-8,10-11,14H2,1-4H3,(H,21,23). The maximum absolute atomic E-state index is 13.3. The van der Waals surface area contributed by atoms with E-state index in [0.717, 1.165) is 19.3 Å². The van der Waals surface area contributed by atoms with Gasteiger partial charge in [0.2, 0.25) is 0 Å². The molecule has 2 atom stereocenters. The summed E-state index contributed by atoms with van der Waals surface area (Å²) >= 11 is 1.28. The first kappa shape index (κ1) is 24.1. The summed E-state index contributed by atoms with van der Waals surface area (Å²) in [6.45, 7) is 9.60. The lowest BCUT2D eigenvalue weighted by Crippen LogP contribution is -2.44. The summed E-state index contributed by atoms with van der Waals surface area (Å²) in [4.78, 5) is 4.38. The van der Waals surface area contributed by atoms with Crippen molar-refractivity contribution in [3.05, 3.63) is 17.8 Å². The van der Waals surface area contributed by atoms with Crippen LogP contribution in [-0.2, 0) is 16.6 Å². The van der Waals surface area contributed by atoms with Crippen molar-refractivity contribution in [1.82, 2.24) is 24.3 Å². The lowest BCUT2D eigenvalue weighted by molar-refractivity contribution is 0.0210. The topological polar surface area (TPSA) is 113 Å². The Morgan fingerprint density at radius 2 is 2.13 bits per heavy atom. The number of aliphatic hydroxyl groups is 1. The molecule has 0 bridgehead atoms. The Morgan fingerprint density at radius 3 is 2.81 bits per heavy atom. The average Bonchev–Trinajstić information content (AvgIpc) is 3.42. The normalized spacial score (nSPS) is 19.6. The Morgan fingerprint density at radius 1 is 1.35 bits per heavy atom. The average molecular weight is 471 g/mol. The Bertz CT molecular complexity index is 927. The third kappa shape index (κ3) is 5.82. The molecule has 0 aliphatic carbocycles. The molecule has 0 radical (unpaired) electrons. The van der Waals surface area contributed by atoms with Crippen molar-refractivity contribution in [2.24, 2.45) is 11.3 Å². The predicted molar refractivity (Wildman–Crippen MR) is 121 cm³/mol. The second-order valence-electron chi connectivity index (χ2n) is 9.24. The minimum absolute atomic E-state index is 0.0684. The van der Waals surface area contributed by atoms with Crippen LogP contribution >= 0.6 is 11.3 Å². The van der Waals surface area contributed by atoms with Crippen molar-refractivity contribution in [2.75, 3.05) is 18.4 Å². The summed E-state index contributed by atoms with van der Waals surface area (Å²) in [5.74, 6) is 0.137. The number of sulfonamides is 1. The lowest BCUT2D eigenvalue weighted by Gasteiger charge is -2.34. The third-order valence-corrected chi connectivity index (χ3v) is 8.71. The van der Waals surface area contributed by atoms with E-state index in [9.17, 15) is 13.5 Å². The highest BCUT2D eigenvalue weighted by molar-refractivity contribution is 7.89. The van der Waals surface area contributed by atoms with Crippen LogP contribution in [0.3, 0.4) is 0 Å². The SMILES string of the molecule is CC(C)C(O)C(C)(C)CNc1nc(S(=O)(=O)N2CCCCC2CCn2ccnn2)cs1. The van der Waals surface area contributed by atoms with Crippen LogP contribution in [0.1, 0.15) is 53.4 Å². The molecule has 3 rings (SSSR count). The Kier molecular flexibility index (Phi) is 7.72. The van der Waals surface area contributed by atoms with E-state index in [0.29, 0.717) is 31.2 Å². The van der Waals surface area contributed by atoms with Crippen LogP contribution in [0.2, 0.25) is 0 Å². The Labute approximate surface area is 188 Å². The summed E-state index contributed by atoms with van der Waals surface area (Å²) in [7, 11) is -3.67. The number of aliphatic hydroxyl groups excluding tert-OH is 1. The molecule has 0 saturated carbocycles. The number of aryl methyl sites for hydroxylation is 1. The molecule has 0 aromatic carbocycles. The van der Waals surface area contributed by atoms with Gasteiger partial charge in [-0.25, -0.2) is 13.4 Å². The fourth-order valence-electron chi connectivity index (χ4n) is 4.10. The van der Waals surface area contributed by atoms with Crippen LogP contribution in [-0.4, -0.2) is 63.0 Å². The molecule has 11 heteroatoms. The number of piperidine rings is 1. The molecular weight excluding hydrogens is 436 g/mol. The zero-order chi connectivity index (χ0) is 22.6. The van der Waals surface area contributed by atoms with Crippen LogP contribution in [0.5, 0.6) is 0 Å². The number of anilines is 1. The van der Waals surface area contributed by atoms with E-state index >= 15 is 0 Å². The van der Waals surface area contributed by atoms with Gasteiger partial charge in [-0.15, -0.1) is 16.4 Å². The minimum Gasteiger partial charge on any atom is -0.392 e.